The van der Waals surface area contributed by atoms with Crippen molar-refractivity contribution in [2.24, 2.45) is 0 Å². The highest BCUT2D eigenvalue weighted by Gasteiger charge is 2.15. The van der Waals surface area contributed by atoms with Crippen molar-refractivity contribution in [1.29, 1.82) is 0 Å². The van der Waals surface area contributed by atoms with Gasteiger partial charge in [0.05, 0.1) is 10.6 Å². The molecule has 1 radical (unpaired) electrons. The van der Waals surface area contributed by atoms with E-state index in [2.05, 4.69) is 15.5 Å². The third-order valence-electron chi connectivity index (χ3n) is 2.93. The number of hydrogen-bond acceptors (Lipinski definition) is 3. The molecule has 0 saturated carbocycles. The van der Waals surface area contributed by atoms with Crippen molar-refractivity contribution in [2.75, 3.05) is 0 Å². The Hall–Kier alpha value is -2.07. The van der Waals surface area contributed by atoms with Crippen molar-refractivity contribution in [2.45, 2.75) is 6.92 Å². The maximum atomic E-state index is 13.9. The second-order valence-electron chi connectivity index (χ2n) is 4.15. The number of aromatic nitrogens is 2. The van der Waals surface area contributed by atoms with Gasteiger partial charge in [0.15, 0.2) is 5.51 Å². The third kappa shape index (κ3) is 2.15. The standard InChI is InChI=1S/C15H10FN2S/c1-10-6-7-17-8-12(10)14-15(19-9-18-14)11-4-2-3-5-13(11)16/h2-8H,1H3. The molecule has 0 N–H and O–H groups in total. The Morgan fingerprint density at radius 2 is 2.00 bits per heavy atom. The van der Waals surface area contributed by atoms with Crippen LogP contribution in [0.5, 0.6) is 0 Å². The zero-order valence-electron chi connectivity index (χ0n) is 10.2. The SMILES string of the molecule is Cc1ccncc1-c1n[c]sc1-c1ccccc1F. The largest absolute Gasteiger partial charge is 0.264 e. The van der Waals surface area contributed by atoms with E-state index in [0.29, 0.717) is 5.56 Å². The summed E-state index contributed by atoms with van der Waals surface area (Å²) >= 11 is 1.32. The Morgan fingerprint density at radius 3 is 2.79 bits per heavy atom. The molecule has 0 aliphatic rings. The van der Waals surface area contributed by atoms with E-state index in [1.165, 1.54) is 17.4 Å². The molecule has 3 aromatic rings. The molecule has 93 valence electrons. The summed E-state index contributed by atoms with van der Waals surface area (Å²) < 4.78 is 13.9. The number of aryl methyl sites for hydroxylation is 1. The lowest BCUT2D eigenvalue weighted by Crippen LogP contribution is -1.89. The third-order valence-corrected chi connectivity index (χ3v) is 3.73. The highest BCUT2D eigenvalue weighted by molar-refractivity contribution is 7.13. The minimum atomic E-state index is -0.247. The first kappa shape index (κ1) is 12.0. The van der Waals surface area contributed by atoms with E-state index in [4.69, 9.17) is 0 Å². The smallest absolute Gasteiger partial charge is 0.153 e. The first-order valence-electron chi connectivity index (χ1n) is 5.80. The number of thiazole rings is 1. The van der Waals surface area contributed by atoms with Crippen LogP contribution in [-0.4, -0.2) is 9.97 Å². The zero-order chi connectivity index (χ0) is 13.2. The fourth-order valence-electron chi connectivity index (χ4n) is 1.94. The summed E-state index contributed by atoms with van der Waals surface area (Å²) in [7, 11) is 0. The van der Waals surface area contributed by atoms with Gasteiger partial charge in [-0.2, -0.15) is 0 Å². The summed E-state index contributed by atoms with van der Waals surface area (Å²) in [6, 6.07) is 8.62. The maximum absolute atomic E-state index is 13.9. The molecule has 2 nitrogen and oxygen atoms in total. The van der Waals surface area contributed by atoms with Crippen LogP contribution in [0.25, 0.3) is 21.7 Å². The molecule has 2 aromatic heterocycles. The molecule has 0 atom stereocenters. The van der Waals surface area contributed by atoms with Crippen LogP contribution in [0, 0.1) is 18.3 Å². The Morgan fingerprint density at radius 1 is 1.16 bits per heavy atom. The van der Waals surface area contributed by atoms with Crippen LogP contribution >= 0.6 is 11.3 Å². The molecule has 1 aromatic carbocycles. The molecule has 0 aliphatic carbocycles. The van der Waals surface area contributed by atoms with Crippen molar-refractivity contribution in [1.82, 2.24) is 9.97 Å². The lowest BCUT2D eigenvalue weighted by Gasteiger charge is -2.06. The van der Waals surface area contributed by atoms with E-state index in [-0.39, 0.29) is 5.82 Å². The maximum Gasteiger partial charge on any atom is 0.153 e. The van der Waals surface area contributed by atoms with Gasteiger partial charge < -0.3 is 0 Å². The average molecular weight is 269 g/mol. The Labute approximate surface area is 114 Å². The van der Waals surface area contributed by atoms with Gasteiger partial charge in [-0.15, -0.1) is 11.3 Å². The molecule has 4 heteroatoms. The number of rotatable bonds is 2. The predicted octanol–water partition coefficient (Wildman–Crippen LogP) is 4.12. The number of nitrogens with zero attached hydrogens (tertiary/aromatic N) is 2. The van der Waals surface area contributed by atoms with E-state index in [1.54, 1.807) is 24.5 Å². The molecule has 0 saturated heterocycles. The summed E-state index contributed by atoms with van der Waals surface area (Å²) in [4.78, 5) is 9.15. The molecule has 0 bridgehead atoms. The highest BCUT2D eigenvalue weighted by atomic mass is 32.1. The molecule has 0 unspecified atom stereocenters. The minimum Gasteiger partial charge on any atom is -0.264 e. The Balaban J connectivity index is 2.20. The van der Waals surface area contributed by atoms with E-state index < -0.39 is 0 Å². The lowest BCUT2D eigenvalue weighted by molar-refractivity contribution is 0.631. The van der Waals surface area contributed by atoms with Crippen LogP contribution in [0.3, 0.4) is 0 Å². The van der Waals surface area contributed by atoms with E-state index in [9.17, 15) is 4.39 Å². The van der Waals surface area contributed by atoms with Crippen molar-refractivity contribution in [3.8, 4) is 21.7 Å². The van der Waals surface area contributed by atoms with E-state index >= 15 is 0 Å². The molecule has 3 rings (SSSR count). The number of hydrogen-bond donors (Lipinski definition) is 0. The monoisotopic (exact) mass is 269 g/mol. The van der Waals surface area contributed by atoms with Gasteiger partial charge >= 0.3 is 0 Å². The van der Waals surface area contributed by atoms with Crippen molar-refractivity contribution < 1.29 is 4.39 Å². The van der Waals surface area contributed by atoms with Gasteiger partial charge in [0.1, 0.15) is 5.82 Å². The van der Waals surface area contributed by atoms with Crippen LogP contribution < -0.4 is 0 Å². The number of benzene rings is 1. The van der Waals surface area contributed by atoms with Crippen LogP contribution in [0.2, 0.25) is 0 Å². The molecule has 0 spiro atoms. The second kappa shape index (κ2) is 4.90. The average Bonchev–Trinajstić information content (AvgIpc) is 2.89. The van der Waals surface area contributed by atoms with Crippen LogP contribution in [-0.2, 0) is 0 Å². The Bertz CT molecular complexity index is 661. The van der Waals surface area contributed by atoms with Crippen LogP contribution in [0.1, 0.15) is 5.56 Å². The molecular weight excluding hydrogens is 259 g/mol. The highest BCUT2D eigenvalue weighted by Crippen LogP contribution is 2.36. The summed E-state index contributed by atoms with van der Waals surface area (Å²) in [6.07, 6.45) is 3.49. The van der Waals surface area contributed by atoms with Gasteiger partial charge in [0.2, 0.25) is 0 Å². The second-order valence-corrected chi connectivity index (χ2v) is 4.95. The predicted molar refractivity (Wildman–Crippen MR) is 74.3 cm³/mol. The molecule has 0 fully saturated rings. The quantitative estimate of drug-likeness (QED) is 0.699. The van der Waals surface area contributed by atoms with Crippen LogP contribution in [0.15, 0.2) is 42.7 Å². The first-order chi connectivity index (χ1) is 9.27. The Kier molecular flexibility index (Phi) is 3.09. The minimum absolute atomic E-state index is 0.247. The van der Waals surface area contributed by atoms with Crippen molar-refractivity contribution in [3.05, 3.63) is 59.6 Å². The summed E-state index contributed by atoms with van der Waals surface area (Å²) in [5, 5.41) is 0. The van der Waals surface area contributed by atoms with Crippen LogP contribution in [0.4, 0.5) is 4.39 Å². The van der Waals surface area contributed by atoms with E-state index in [0.717, 1.165) is 21.7 Å². The molecular formula is C15H10FN2S. The van der Waals surface area contributed by atoms with Gasteiger partial charge in [0, 0.05) is 23.5 Å². The van der Waals surface area contributed by atoms with E-state index in [1.807, 2.05) is 19.1 Å². The normalized spacial score (nSPS) is 10.6. The van der Waals surface area contributed by atoms with Gasteiger partial charge in [-0.25, -0.2) is 9.37 Å². The van der Waals surface area contributed by atoms with Crippen molar-refractivity contribution >= 4 is 11.3 Å². The molecule has 19 heavy (non-hydrogen) atoms. The summed E-state index contributed by atoms with van der Waals surface area (Å²) in [5.74, 6) is -0.247. The zero-order valence-corrected chi connectivity index (χ0v) is 11.0. The fraction of sp³-hybridized carbons (Fsp3) is 0.0667. The molecule has 2 heterocycles. The van der Waals surface area contributed by atoms with Gasteiger partial charge in [0.25, 0.3) is 0 Å². The van der Waals surface area contributed by atoms with Gasteiger partial charge in [-0.3, -0.25) is 4.98 Å². The molecule has 0 amide bonds. The fourth-order valence-corrected chi connectivity index (χ4v) is 2.69. The first-order valence-corrected chi connectivity index (χ1v) is 6.62. The summed E-state index contributed by atoms with van der Waals surface area (Å²) in [6.45, 7) is 1.99. The summed E-state index contributed by atoms with van der Waals surface area (Å²) in [5.41, 5.74) is 6.12. The van der Waals surface area contributed by atoms with Gasteiger partial charge in [-0.1, -0.05) is 18.2 Å². The topological polar surface area (TPSA) is 25.8 Å². The van der Waals surface area contributed by atoms with Crippen molar-refractivity contribution in [3.63, 3.8) is 0 Å². The number of pyridine rings is 1. The number of halogens is 1. The molecule has 0 aliphatic heterocycles. The van der Waals surface area contributed by atoms with Gasteiger partial charge in [-0.05, 0) is 24.6 Å². The lowest BCUT2D eigenvalue weighted by atomic mass is 10.0.